The first kappa shape index (κ1) is 19.9. The molecule has 0 radical (unpaired) electrons. The van der Waals surface area contributed by atoms with Crippen molar-refractivity contribution < 1.29 is 28.2 Å². The lowest BCUT2D eigenvalue weighted by Gasteiger charge is -2.70. The van der Waals surface area contributed by atoms with Crippen LogP contribution in [0.4, 0.5) is 4.39 Å². The number of fused-ring (bicyclic) bond motifs is 1. The molecule has 4 aliphatic rings. The second kappa shape index (κ2) is 7.30. The number of ether oxygens (including phenoxy) is 3. The minimum absolute atomic E-state index is 0.00531. The fourth-order valence-corrected chi connectivity index (χ4v) is 4.72. The van der Waals surface area contributed by atoms with Crippen molar-refractivity contribution in [3.63, 3.8) is 0 Å². The first-order valence-electron chi connectivity index (χ1n) is 9.97. The maximum Gasteiger partial charge on any atom is 0.258 e. The van der Waals surface area contributed by atoms with Crippen molar-refractivity contribution in [1.29, 1.82) is 0 Å². The van der Waals surface area contributed by atoms with Crippen molar-refractivity contribution in [3.05, 3.63) is 52.8 Å². The van der Waals surface area contributed by atoms with E-state index in [9.17, 15) is 14.0 Å². The number of carbonyl (C=O) groups excluding carboxylic acids is 2. The lowest BCUT2D eigenvalue weighted by atomic mass is 9.44. The van der Waals surface area contributed by atoms with E-state index in [0.29, 0.717) is 49.5 Å². The monoisotopic (exact) mass is 446 g/mol. The van der Waals surface area contributed by atoms with Gasteiger partial charge in [-0.15, -0.1) is 0 Å². The van der Waals surface area contributed by atoms with Gasteiger partial charge in [0.2, 0.25) is 0 Å². The molecule has 6 rings (SSSR count). The average molecular weight is 447 g/mol. The summed E-state index contributed by atoms with van der Waals surface area (Å²) >= 11 is 5.63. The Morgan fingerprint density at radius 2 is 1.71 bits per heavy atom. The molecular weight excluding hydrogens is 427 g/mol. The van der Waals surface area contributed by atoms with Crippen LogP contribution in [0.25, 0.3) is 0 Å². The highest BCUT2D eigenvalue weighted by Crippen LogP contribution is 2.60. The highest BCUT2D eigenvalue weighted by Gasteiger charge is 2.69. The summed E-state index contributed by atoms with van der Waals surface area (Å²) in [6.45, 7) is 0.733. The van der Waals surface area contributed by atoms with E-state index < -0.39 is 5.82 Å². The maximum atomic E-state index is 13.4. The van der Waals surface area contributed by atoms with Crippen LogP contribution in [-0.2, 0) is 4.79 Å². The van der Waals surface area contributed by atoms with Gasteiger partial charge in [-0.25, -0.2) is 4.39 Å². The molecule has 2 amide bonds. The van der Waals surface area contributed by atoms with Gasteiger partial charge in [0, 0.05) is 22.7 Å². The van der Waals surface area contributed by atoms with Crippen LogP contribution in [-0.4, -0.2) is 42.7 Å². The van der Waals surface area contributed by atoms with Crippen LogP contribution >= 0.6 is 11.6 Å². The van der Waals surface area contributed by atoms with Crippen molar-refractivity contribution >= 4 is 23.4 Å². The molecule has 162 valence electrons. The van der Waals surface area contributed by atoms with Crippen molar-refractivity contribution in [2.24, 2.45) is 0 Å². The van der Waals surface area contributed by atoms with E-state index in [1.807, 2.05) is 0 Å². The zero-order valence-corrected chi connectivity index (χ0v) is 17.3. The summed E-state index contributed by atoms with van der Waals surface area (Å²) in [6.07, 6.45) is 1.99. The fourth-order valence-electron chi connectivity index (χ4n) is 4.60. The number of carbonyl (C=O) groups is 2. The molecule has 2 aromatic rings. The molecule has 1 aliphatic heterocycles. The van der Waals surface area contributed by atoms with Crippen molar-refractivity contribution in [3.8, 4) is 17.2 Å². The van der Waals surface area contributed by atoms with E-state index in [-0.39, 0.29) is 40.3 Å². The lowest BCUT2D eigenvalue weighted by molar-refractivity contribution is -0.141. The van der Waals surface area contributed by atoms with E-state index in [0.717, 1.165) is 6.07 Å². The molecule has 9 heteroatoms. The summed E-state index contributed by atoms with van der Waals surface area (Å²) in [6, 6.07) is 9.15. The first-order valence-corrected chi connectivity index (χ1v) is 10.3. The van der Waals surface area contributed by atoms with Crippen LogP contribution in [0.3, 0.4) is 0 Å². The van der Waals surface area contributed by atoms with Gasteiger partial charge in [0.05, 0.1) is 5.02 Å². The Morgan fingerprint density at radius 3 is 2.45 bits per heavy atom. The second-order valence-electron chi connectivity index (χ2n) is 8.32. The van der Waals surface area contributed by atoms with Crippen LogP contribution in [0.1, 0.15) is 29.6 Å². The van der Waals surface area contributed by atoms with Crippen molar-refractivity contribution in [2.45, 2.75) is 30.3 Å². The molecule has 3 aliphatic carbocycles. The SMILES string of the molecule is O=C(COc1ccc(Cl)c(F)c1)NC12CC(NC(=O)c3ccc4c(c3)OCCO4)(C1)C2. The van der Waals surface area contributed by atoms with Crippen LogP contribution in [0.15, 0.2) is 36.4 Å². The largest absolute Gasteiger partial charge is 0.486 e. The minimum atomic E-state index is -0.602. The Bertz CT molecular complexity index is 1060. The topological polar surface area (TPSA) is 85.9 Å². The number of benzene rings is 2. The van der Waals surface area contributed by atoms with E-state index in [4.69, 9.17) is 25.8 Å². The standard InChI is InChI=1S/C22H20ClFN2O5/c23-15-3-2-14(8-16(15)24)31-9-19(27)25-21-10-22(11-21,12-21)26-20(28)13-1-4-17-18(7-13)30-6-5-29-17/h1-4,7-8H,5-6,9-12H2,(H,25,27)(H,26,28). The number of nitrogens with one attached hydrogen (secondary N) is 2. The zero-order valence-electron chi connectivity index (χ0n) is 16.5. The molecule has 2 N–H and O–H groups in total. The summed E-state index contributed by atoms with van der Waals surface area (Å²) in [5.74, 6) is 0.373. The Morgan fingerprint density at radius 1 is 1.00 bits per heavy atom. The number of rotatable bonds is 6. The van der Waals surface area contributed by atoms with Crippen LogP contribution in [0.5, 0.6) is 17.2 Å². The predicted molar refractivity (Wildman–Crippen MR) is 109 cm³/mol. The zero-order chi connectivity index (χ0) is 21.6. The van der Waals surface area contributed by atoms with Crippen LogP contribution < -0.4 is 24.8 Å². The predicted octanol–water partition coefficient (Wildman–Crippen LogP) is 2.85. The normalized spacial score (nSPS) is 25.0. The number of amides is 2. The van der Waals surface area contributed by atoms with Gasteiger partial charge in [-0.1, -0.05) is 11.6 Å². The van der Waals surface area contributed by atoms with E-state index in [1.54, 1.807) is 18.2 Å². The van der Waals surface area contributed by atoms with E-state index >= 15 is 0 Å². The van der Waals surface area contributed by atoms with Crippen molar-refractivity contribution in [2.75, 3.05) is 19.8 Å². The van der Waals surface area contributed by atoms with Gasteiger partial charge in [0.1, 0.15) is 24.8 Å². The van der Waals surface area contributed by atoms with Gasteiger partial charge >= 0.3 is 0 Å². The van der Waals surface area contributed by atoms with Gasteiger partial charge in [0.15, 0.2) is 18.1 Å². The molecule has 0 atom stereocenters. The van der Waals surface area contributed by atoms with Crippen LogP contribution in [0, 0.1) is 5.82 Å². The lowest BCUT2D eigenvalue weighted by Crippen LogP contribution is -2.84. The first-order chi connectivity index (χ1) is 14.9. The second-order valence-corrected chi connectivity index (χ2v) is 8.72. The van der Waals surface area contributed by atoms with Crippen LogP contribution in [0.2, 0.25) is 5.02 Å². The smallest absolute Gasteiger partial charge is 0.258 e. The minimum Gasteiger partial charge on any atom is -0.486 e. The number of halogens is 2. The average Bonchev–Trinajstić information content (AvgIpc) is 2.71. The molecule has 3 saturated carbocycles. The summed E-state index contributed by atoms with van der Waals surface area (Å²) in [5, 5.41) is 6.03. The summed E-state index contributed by atoms with van der Waals surface area (Å²) in [5.41, 5.74) is -0.0977. The van der Waals surface area contributed by atoms with Gasteiger partial charge in [-0.3, -0.25) is 9.59 Å². The molecule has 3 fully saturated rings. The number of hydrogen-bond donors (Lipinski definition) is 2. The molecule has 0 spiro atoms. The quantitative estimate of drug-likeness (QED) is 0.712. The molecule has 1 heterocycles. The van der Waals surface area contributed by atoms with E-state index in [1.165, 1.54) is 12.1 Å². The molecule has 7 nitrogen and oxygen atoms in total. The molecule has 2 bridgehead atoms. The van der Waals surface area contributed by atoms with Gasteiger partial charge in [0.25, 0.3) is 11.8 Å². The Labute approximate surface area is 182 Å². The highest BCUT2D eigenvalue weighted by atomic mass is 35.5. The molecule has 0 aromatic heterocycles. The Hall–Kier alpha value is -3.00. The molecule has 0 unspecified atom stereocenters. The summed E-state index contributed by atoms with van der Waals surface area (Å²) < 4.78 is 29.8. The van der Waals surface area contributed by atoms with Crippen molar-refractivity contribution in [1.82, 2.24) is 10.6 Å². The van der Waals surface area contributed by atoms with E-state index in [2.05, 4.69) is 10.6 Å². The Kier molecular flexibility index (Phi) is 4.69. The molecule has 31 heavy (non-hydrogen) atoms. The third-order valence-corrected chi connectivity index (χ3v) is 6.19. The van der Waals surface area contributed by atoms with Gasteiger partial charge < -0.3 is 24.8 Å². The van der Waals surface area contributed by atoms with Gasteiger partial charge in [-0.2, -0.15) is 0 Å². The number of hydrogen-bond acceptors (Lipinski definition) is 5. The summed E-state index contributed by atoms with van der Waals surface area (Å²) in [4.78, 5) is 24.9. The highest BCUT2D eigenvalue weighted by molar-refractivity contribution is 6.30. The maximum absolute atomic E-state index is 13.4. The third-order valence-electron chi connectivity index (χ3n) is 5.88. The summed E-state index contributed by atoms with van der Waals surface area (Å²) in [7, 11) is 0. The third kappa shape index (κ3) is 3.76. The molecular formula is C22H20ClFN2O5. The molecule has 2 aromatic carbocycles. The molecule has 0 saturated heterocycles. The van der Waals surface area contributed by atoms with Gasteiger partial charge in [-0.05, 0) is 49.6 Å². The Balaban J connectivity index is 1.10. The fraction of sp³-hybridized carbons (Fsp3) is 0.364.